The number of rotatable bonds is 3. The number of benzene rings is 1. The second kappa shape index (κ2) is 6.21. The molecule has 5 rings (SSSR count). The van der Waals surface area contributed by atoms with Crippen LogP contribution in [0.3, 0.4) is 0 Å². The Morgan fingerprint density at radius 1 is 1.30 bits per heavy atom. The molecule has 0 radical (unpaired) electrons. The number of nitrogens with two attached hydrogens (primary N) is 1. The molecule has 3 aliphatic rings. The van der Waals surface area contributed by atoms with Crippen molar-refractivity contribution in [2.45, 2.75) is 24.2 Å². The van der Waals surface area contributed by atoms with E-state index >= 15 is 8.78 Å². The Morgan fingerprint density at radius 3 is 2.67 bits per heavy atom. The molecule has 2 aromatic rings. The van der Waals surface area contributed by atoms with E-state index in [0.717, 1.165) is 16.8 Å². The Morgan fingerprint density at radius 2 is 2.03 bits per heavy atom. The molecule has 4 unspecified atom stereocenters. The molecular formula is C21H18F3N3O3. The number of allylic oxidation sites excluding steroid dienone is 2. The highest BCUT2D eigenvalue weighted by molar-refractivity contribution is 5.94. The largest absolute Gasteiger partial charge is 0.477 e. The molecule has 0 bridgehead atoms. The maximum absolute atomic E-state index is 15.7. The number of fused-ring (bicyclic) bond motifs is 2. The van der Waals surface area contributed by atoms with Crippen LogP contribution in [0.25, 0.3) is 10.9 Å². The summed E-state index contributed by atoms with van der Waals surface area (Å²) in [5.41, 5.74) is 3.30. The predicted molar refractivity (Wildman–Crippen MR) is 105 cm³/mol. The predicted octanol–water partition coefficient (Wildman–Crippen LogP) is 2.52. The Labute approximate surface area is 168 Å². The van der Waals surface area contributed by atoms with E-state index in [1.807, 2.05) is 12.2 Å². The fourth-order valence-electron chi connectivity index (χ4n) is 4.51. The fraction of sp³-hybridized carbons (Fsp3) is 0.333. The number of aromatic nitrogens is 1. The first-order chi connectivity index (χ1) is 14.2. The number of alkyl halides is 1. The Balaban J connectivity index is 1.73. The van der Waals surface area contributed by atoms with Gasteiger partial charge >= 0.3 is 5.97 Å². The highest BCUT2D eigenvalue weighted by Gasteiger charge is 2.44. The summed E-state index contributed by atoms with van der Waals surface area (Å²) in [5.74, 6) is -3.70. The summed E-state index contributed by atoms with van der Waals surface area (Å²) in [4.78, 5) is 25.5. The van der Waals surface area contributed by atoms with Crippen LogP contribution in [0.15, 0.2) is 41.4 Å². The number of pyridine rings is 1. The monoisotopic (exact) mass is 417 g/mol. The summed E-state index contributed by atoms with van der Waals surface area (Å²) in [6.07, 6.45) is 7.00. The molecule has 156 valence electrons. The van der Waals surface area contributed by atoms with E-state index in [4.69, 9.17) is 5.73 Å². The molecule has 1 aliphatic heterocycles. The third-order valence-corrected chi connectivity index (χ3v) is 6.20. The fourth-order valence-corrected chi connectivity index (χ4v) is 4.51. The van der Waals surface area contributed by atoms with Crippen molar-refractivity contribution < 1.29 is 23.1 Å². The van der Waals surface area contributed by atoms with E-state index in [2.05, 4.69) is 0 Å². The standard InChI is InChI=1S/C21H18F3N3O3/c22-13-6-15(13)27-8-12(20(29)30)19(28)11-5-14(23)18(16(24)17(11)27)26-7-10-3-1-2-4-21(10,25)9-26/h1-5,8,10,13,15H,6-7,9,25H2,(H,29,30). The lowest BCUT2D eigenvalue weighted by Crippen LogP contribution is -2.46. The van der Waals surface area contributed by atoms with Crippen molar-refractivity contribution in [2.24, 2.45) is 11.7 Å². The van der Waals surface area contributed by atoms with Gasteiger partial charge in [-0.2, -0.15) is 0 Å². The zero-order valence-corrected chi connectivity index (χ0v) is 15.7. The van der Waals surface area contributed by atoms with Crippen molar-refractivity contribution in [1.82, 2.24) is 4.57 Å². The first-order valence-electron chi connectivity index (χ1n) is 9.55. The smallest absolute Gasteiger partial charge is 0.341 e. The van der Waals surface area contributed by atoms with Crippen molar-refractivity contribution >= 4 is 22.6 Å². The van der Waals surface area contributed by atoms with E-state index in [1.54, 1.807) is 12.2 Å². The average molecular weight is 417 g/mol. The number of anilines is 1. The maximum Gasteiger partial charge on any atom is 0.341 e. The van der Waals surface area contributed by atoms with Gasteiger partial charge in [-0.3, -0.25) is 4.79 Å². The lowest BCUT2D eigenvalue weighted by atomic mass is 9.85. The number of nitrogens with zero attached hydrogens (tertiary/aromatic N) is 2. The van der Waals surface area contributed by atoms with Crippen LogP contribution in [0, 0.1) is 17.6 Å². The number of aromatic carboxylic acids is 1. The van der Waals surface area contributed by atoms with Gasteiger partial charge in [-0.1, -0.05) is 24.3 Å². The Kier molecular flexibility index (Phi) is 3.92. The molecule has 30 heavy (non-hydrogen) atoms. The van der Waals surface area contributed by atoms with Crippen LogP contribution in [-0.2, 0) is 0 Å². The van der Waals surface area contributed by atoms with Gasteiger partial charge in [0.05, 0.1) is 22.5 Å². The molecule has 0 amide bonds. The molecule has 6 nitrogen and oxygen atoms in total. The number of halogens is 3. The van der Waals surface area contributed by atoms with Crippen molar-refractivity contribution in [3.8, 4) is 0 Å². The molecule has 1 saturated heterocycles. The molecule has 9 heteroatoms. The number of carboxylic acids is 1. The van der Waals surface area contributed by atoms with E-state index in [0.29, 0.717) is 0 Å². The SMILES string of the molecule is NC12C=CC=CC1CN(c1c(F)cc3c(=O)c(C(=O)O)cn(C4CC4F)c3c1F)C2. The Bertz CT molecular complexity index is 1220. The van der Waals surface area contributed by atoms with Gasteiger partial charge in [0.15, 0.2) is 5.82 Å². The number of carboxylic acid groups (broad SMARTS) is 1. The highest BCUT2D eigenvalue weighted by atomic mass is 19.1. The van der Waals surface area contributed by atoms with E-state index in [-0.39, 0.29) is 36.6 Å². The Hall–Kier alpha value is -3.07. The third kappa shape index (κ3) is 2.61. The topological polar surface area (TPSA) is 88.6 Å². The van der Waals surface area contributed by atoms with E-state index in [9.17, 15) is 19.1 Å². The minimum Gasteiger partial charge on any atom is -0.477 e. The van der Waals surface area contributed by atoms with Crippen LogP contribution in [0.4, 0.5) is 18.9 Å². The number of hydrogen-bond donors (Lipinski definition) is 2. The minimum atomic E-state index is -1.54. The van der Waals surface area contributed by atoms with E-state index < -0.39 is 51.7 Å². The summed E-state index contributed by atoms with van der Waals surface area (Å²) in [6, 6.07) is 0.0396. The van der Waals surface area contributed by atoms with Crippen LogP contribution in [0.1, 0.15) is 22.8 Å². The van der Waals surface area contributed by atoms with Gasteiger partial charge in [0.1, 0.15) is 23.2 Å². The molecule has 0 spiro atoms. The van der Waals surface area contributed by atoms with Gasteiger partial charge in [-0.15, -0.1) is 0 Å². The first kappa shape index (κ1) is 18.9. The first-order valence-corrected chi connectivity index (χ1v) is 9.55. The zero-order valence-electron chi connectivity index (χ0n) is 15.7. The van der Waals surface area contributed by atoms with E-state index in [1.165, 1.54) is 4.90 Å². The lowest BCUT2D eigenvalue weighted by molar-refractivity contribution is 0.0694. The number of hydrogen-bond acceptors (Lipinski definition) is 4. The van der Waals surface area contributed by atoms with Gasteiger partial charge < -0.3 is 20.3 Å². The zero-order chi connectivity index (χ0) is 21.4. The molecule has 2 heterocycles. The van der Waals surface area contributed by atoms with Crippen molar-refractivity contribution in [3.05, 3.63) is 64.0 Å². The third-order valence-electron chi connectivity index (χ3n) is 6.20. The molecular weight excluding hydrogens is 399 g/mol. The van der Waals surface area contributed by atoms with Crippen molar-refractivity contribution in [1.29, 1.82) is 0 Å². The van der Waals surface area contributed by atoms with Gasteiger partial charge in [0.25, 0.3) is 0 Å². The molecule has 2 fully saturated rings. The van der Waals surface area contributed by atoms with Crippen LogP contribution >= 0.6 is 0 Å². The maximum atomic E-state index is 15.7. The highest BCUT2D eigenvalue weighted by Crippen LogP contribution is 2.43. The molecule has 1 aromatic heterocycles. The molecule has 4 atom stereocenters. The van der Waals surface area contributed by atoms with Gasteiger partial charge in [-0.25, -0.2) is 18.0 Å². The van der Waals surface area contributed by atoms with Crippen LogP contribution in [-0.4, -0.2) is 40.4 Å². The van der Waals surface area contributed by atoms with Crippen molar-refractivity contribution in [2.75, 3.05) is 18.0 Å². The average Bonchev–Trinajstić information content (AvgIpc) is 3.29. The summed E-state index contributed by atoms with van der Waals surface area (Å²) in [6.45, 7) is 0.424. The van der Waals surface area contributed by atoms with Gasteiger partial charge in [0.2, 0.25) is 5.43 Å². The second-order valence-electron chi connectivity index (χ2n) is 8.16. The molecule has 2 aliphatic carbocycles. The summed E-state index contributed by atoms with van der Waals surface area (Å²) < 4.78 is 45.6. The molecule has 3 N–H and O–H groups in total. The quantitative estimate of drug-likeness (QED) is 0.801. The molecule has 1 aromatic carbocycles. The van der Waals surface area contributed by atoms with Crippen molar-refractivity contribution in [3.63, 3.8) is 0 Å². The van der Waals surface area contributed by atoms with Gasteiger partial charge in [0, 0.05) is 31.6 Å². The van der Waals surface area contributed by atoms with Crippen LogP contribution < -0.4 is 16.1 Å². The van der Waals surface area contributed by atoms with Crippen LogP contribution in [0.2, 0.25) is 0 Å². The lowest BCUT2D eigenvalue weighted by Gasteiger charge is -2.27. The second-order valence-corrected chi connectivity index (χ2v) is 8.16. The normalized spacial score (nSPS) is 29.5. The summed E-state index contributed by atoms with van der Waals surface area (Å²) >= 11 is 0. The molecule has 1 saturated carbocycles. The summed E-state index contributed by atoms with van der Waals surface area (Å²) in [5, 5.41) is 8.88. The summed E-state index contributed by atoms with van der Waals surface area (Å²) in [7, 11) is 0. The van der Waals surface area contributed by atoms with Gasteiger partial charge in [-0.05, 0) is 6.07 Å². The van der Waals surface area contributed by atoms with Crippen LogP contribution in [0.5, 0.6) is 0 Å². The number of carbonyl (C=O) groups is 1. The minimum absolute atomic E-state index is 0.0659.